The molecule has 0 bridgehead atoms. The summed E-state index contributed by atoms with van der Waals surface area (Å²) in [7, 11) is 0. The first kappa shape index (κ1) is 32.7. The van der Waals surface area contributed by atoms with Crippen LogP contribution in [-0.4, -0.2) is 60.1 Å². The van der Waals surface area contributed by atoms with Gasteiger partial charge in [0.15, 0.2) is 0 Å². The van der Waals surface area contributed by atoms with Gasteiger partial charge in [0, 0.05) is 13.1 Å². The largest absolute Gasteiger partial charge is 0.466 e. The van der Waals surface area contributed by atoms with Gasteiger partial charge in [-0.3, -0.25) is 14.4 Å². The lowest BCUT2D eigenvalue weighted by atomic mass is 9.95. The van der Waals surface area contributed by atoms with Crippen molar-refractivity contribution in [3.8, 4) is 0 Å². The van der Waals surface area contributed by atoms with Gasteiger partial charge >= 0.3 is 12.1 Å². The first-order valence-electron chi connectivity index (χ1n) is 13.3. The third-order valence-corrected chi connectivity index (χ3v) is 5.85. The Morgan fingerprint density at radius 2 is 1.82 bits per heavy atom. The maximum absolute atomic E-state index is 14.1. The first-order chi connectivity index (χ1) is 17.9. The van der Waals surface area contributed by atoms with E-state index in [0.717, 1.165) is 5.56 Å². The molecule has 3 unspecified atom stereocenters. The van der Waals surface area contributed by atoms with Crippen LogP contribution in [0.25, 0.3) is 6.08 Å². The van der Waals surface area contributed by atoms with E-state index >= 15 is 0 Å². The van der Waals surface area contributed by atoms with Gasteiger partial charge in [-0.05, 0) is 57.2 Å². The number of nitrogens with one attached hydrogen (secondary N) is 2. The van der Waals surface area contributed by atoms with Crippen LogP contribution in [0, 0.1) is 5.92 Å². The number of rotatable bonds is 14. The van der Waals surface area contributed by atoms with Gasteiger partial charge in [-0.25, -0.2) is 4.79 Å². The molecule has 1 rings (SSSR count). The van der Waals surface area contributed by atoms with E-state index in [1.54, 1.807) is 52.0 Å². The zero-order valence-electron chi connectivity index (χ0n) is 24.0. The molecule has 9 heteroatoms. The molecule has 0 heterocycles. The highest BCUT2D eigenvalue weighted by molar-refractivity contribution is 5.92. The molecule has 0 aromatic heterocycles. The van der Waals surface area contributed by atoms with Gasteiger partial charge in [-0.2, -0.15) is 0 Å². The van der Waals surface area contributed by atoms with E-state index < -0.39 is 35.7 Å². The zero-order valence-corrected chi connectivity index (χ0v) is 24.0. The summed E-state index contributed by atoms with van der Waals surface area (Å²) in [6.07, 6.45) is 2.18. The number of nitrogens with zero attached hydrogens (tertiary/aromatic N) is 1. The number of esters is 1. The Bertz CT molecular complexity index is 956. The second-order valence-electron chi connectivity index (χ2n) is 10.2. The summed E-state index contributed by atoms with van der Waals surface area (Å²) in [6.45, 7) is 17.1. The molecule has 3 atom stereocenters. The standard InChI is InChI=1S/C29H45N3O6/c1-9-18-32(27(35)24(20(5)10-2)31-28(36)38-29(6,7)8)25(22-15-13-14-21(11-3)19-22)26(34)30-17-16-23(33)37-12-4/h11,13-15,19-20,24-25H,3,9-10,12,16-18H2,1-2,4-8H3,(H,30,34)(H,31,36). The molecule has 0 fully saturated rings. The van der Waals surface area contributed by atoms with Gasteiger partial charge in [-0.15, -0.1) is 0 Å². The molecular weight excluding hydrogens is 486 g/mol. The first-order valence-corrected chi connectivity index (χ1v) is 13.3. The Balaban J connectivity index is 3.43. The molecule has 38 heavy (non-hydrogen) atoms. The van der Waals surface area contributed by atoms with E-state index in [1.807, 2.05) is 26.8 Å². The molecule has 0 aliphatic heterocycles. The molecule has 3 amide bonds. The maximum Gasteiger partial charge on any atom is 0.408 e. The van der Waals surface area contributed by atoms with Crippen LogP contribution in [0.2, 0.25) is 0 Å². The van der Waals surface area contributed by atoms with E-state index in [4.69, 9.17) is 9.47 Å². The lowest BCUT2D eigenvalue weighted by Crippen LogP contribution is -2.55. The Kier molecular flexibility index (Phi) is 13.6. The van der Waals surface area contributed by atoms with Crippen molar-refractivity contribution in [1.29, 1.82) is 0 Å². The van der Waals surface area contributed by atoms with Crippen LogP contribution in [0.3, 0.4) is 0 Å². The molecule has 0 saturated carbocycles. The summed E-state index contributed by atoms with van der Waals surface area (Å²) in [5.74, 6) is -1.46. The number of carbonyl (C=O) groups is 4. The fraction of sp³-hybridized carbons (Fsp3) is 0.586. The Morgan fingerprint density at radius 3 is 2.37 bits per heavy atom. The minimum atomic E-state index is -0.989. The number of benzene rings is 1. The molecule has 0 radical (unpaired) electrons. The molecule has 212 valence electrons. The van der Waals surface area contributed by atoms with Crippen LogP contribution in [-0.2, 0) is 23.9 Å². The smallest absolute Gasteiger partial charge is 0.408 e. The average Bonchev–Trinajstić information content (AvgIpc) is 2.85. The fourth-order valence-electron chi connectivity index (χ4n) is 3.85. The number of hydrogen-bond acceptors (Lipinski definition) is 6. The summed E-state index contributed by atoms with van der Waals surface area (Å²) in [6, 6.07) is 5.33. The number of alkyl carbamates (subject to hydrolysis) is 1. The van der Waals surface area contributed by atoms with Crippen molar-refractivity contribution in [3.05, 3.63) is 42.0 Å². The molecule has 2 N–H and O–H groups in total. The minimum absolute atomic E-state index is 0.0103. The molecule has 0 saturated heterocycles. The summed E-state index contributed by atoms with van der Waals surface area (Å²) >= 11 is 0. The van der Waals surface area contributed by atoms with Gasteiger partial charge in [0.1, 0.15) is 17.7 Å². The summed E-state index contributed by atoms with van der Waals surface area (Å²) in [4.78, 5) is 53.6. The molecule has 9 nitrogen and oxygen atoms in total. The normalized spacial score (nSPS) is 13.4. The quantitative estimate of drug-likeness (QED) is 0.339. The average molecular weight is 532 g/mol. The third-order valence-electron chi connectivity index (χ3n) is 5.85. The number of ether oxygens (including phenoxy) is 2. The van der Waals surface area contributed by atoms with Gasteiger partial charge in [0.2, 0.25) is 11.8 Å². The van der Waals surface area contributed by atoms with E-state index in [1.165, 1.54) is 4.90 Å². The van der Waals surface area contributed by atoms with E-state index in [-0.39, 0.29) is 37.9 Å². The summed E-state index contributed by atoms with van der Waals surface area (Å²) in [5, 5.41) is 5.53. The third kappa shape index (κ3) is 10.6. The van der Waals surface area contributed by atoms with Crippen LogP contribution in [0.1, 0.15) is 84.9 Å². The van der Waals surface area contributed by atoms with Gasteiger partial charge in [0.05, 0.1) is 13.0 Å². The predicted octanol–water partition coefficient (Wildman–Crippen LogP) is 4.62. The Hall–Kier alpha value is -3.36. The van der Waals surface area contributed by atoms with Crippen LogP contribution in [0.5, 0.6) is 0 Å². The number of carbonyl (C=O) groups excluding carboxylic acids is 4. The zero-order chi connectivity index (χ0) is 28.9. The molecule has 1 aromatic carbocycles. The lowest BCUT2D eigenvalue weighted by molar-refractivity contribution is -0.145. The van der Waals surface area contributed by atoms with Crippen molar-refractivity contribution in [1.82, 2.24) is 15.5 Å². The maximum atomic E-state index is 14.1. The van der Waals surface area contributed by atoms with Gasteiger partial charge in [0.25, 0.3) is 0 Å². The highest BCUT2D eigenvalue weighted by Gasteiger charge is 2.37. The van der Waals surface area contributed by atoms with E-state index in [2.05, 4.69) is 17.2 Å². The van der Waals surface area contributed by atoms with E-state index in [9.17, 15) is 19.2 Å². The second-order valence-corrected chi connectivity index (χ2v) is 10.2. The molecule has 0 aliphatic carbocycles. The fourth-order valence-corrected chi connectivity index (χ4v) is 3.85. The number of hydrogen-bond donors (Lipinski definition) is 2. The predicted molar refractivity (Wildman–Crippen MR) is 148 cm³/mol. The summed E-state index contributed by atoms with van der Waals surface area (Å²) in [5.41, 5.74) is 0.655. The molecule has 1 aromatic rings. The van der Waals surface area contributed by atoms with Crippen LogP contribution >= 0.6 is 0 Å². The van der Waals surface area contributed by atoms with Crippen molar-refractivity contribution in [2.24, 2.45) is 5.92 Å². The Morgan fingerprint density at radius 1 is 1.13 bits per heavy atom. The van der Waals surface area contributed by atoms with Gasteiger partial charge in [-0.1, -0.05) is 58.0 Å². The van der Waals surface area contributed by atoms with Crippen molar-refractivity contribution in [3.63, 3.8) is 0 Å². The van der Waals surface area contributed by atoms with Crippen molar-refractivity contribution < 1.29 is 28.7 Å². The molecular formula is C29H45N3O6. The van der Waals surface area contributed by atoms with Crippen LogP contribution in [0.15, 0.2) is 30.8 Å². The van der Waals surface area contributed by atoms with Gasteiger partial charge < -0.3 is 25.0 Å². The molecule has 0 aliphatic rings. The minimum Gasteiger partial charge on any atom is -0.466 e. The van der Waals surface area contributed by atoms with Crippen LogP contribution < -0.4 is 10.6 Å². The van der Waals surface area contributed by atoms with Crippen LogP contribution in [0.4, 0.5) is 4.79 Å². The summed E-state index contributed by atoms with van der Waals surface area (Å²) < 4.78 is 10.4. The number of amides is 3. The van der Waals surface area contributed by atoms with E-state index in [0.29, 0.717) is 18.4 Å². The van der Waals surface area contributed by atoms with Crippen molar-refractivity contribution >= 4 is 30.0 Å². The second kappa shape index (κ2) is 15.8. The molecule has 0 spiro atoms. The lowest BCUT2D eigenvalue weighted by Gasteiger charge is -2.36. The topological polar surface area (TPSA) is 114 Å². The van der Waals surface area contributed by atoms with Crippen molar-refractivity contribution in [2.45, 2.75) is 85.4 Å². The van der Waals surface area contributed by atoms with Crippen molar-refractivity contribution in [2.75, 3.05) is 19.7 Å². The SMILES string of the molecule is C=Cc1cccc(C(C(=O)NCCC(=O)OCC)N(CCC)C(=O)C(NC(=O)OC(C)(C)C)C(C)CC)c1. The Labute approximate surface area is 227 Å². The monoisotopic (exact) mass is 531 g/mol. The highest BCUT2D eigenvalue weighted by atomic mass is 16.6. The highest BCUT2D eigenvalue weighted by Crippen LogP contribution is 2.26.